The van der Waals surface area contributed by atoms with E-state index in [4.69, 9.17) is 9.66 Å². The molecule has 0 saturated carbocycles. The van der Waals surface area contributed by atoms with E-state index in [2.05, 4.69) is 10.5 Å². The van der Waals surface area contributed by atoms with Crippen LogP contribution in [-0.2, 0) is 16.4 Å². The predicted octanol–water partition coefficient (Wildman–Crippen LogP) is 2.10. The minimum Gasteiger partial charge on any atom is -0.355 e. The van der Waals surface area contributed by atoms with E-state index < -0.39 is 15.8 Å². The average Bonchev–Trinajstić information content (AvgIpc) is 3.12. The van der Waals surface area contributed by atoms with Crippen molar-refractivity contribution in [3.63, 3.8) is 0 Å². The number of halogens is 1. The van der Waals surface area contributed by atoms with Crippen LogP contribution in [0.3, 0.4) is 0 Å². The van der Waals surface area contributed by atoms with Crippen molar-refractivity contribution in [3.05, 3.63) is 71.7 Å². The maximum absolute atomic E-state index is 13.0. The fourth-order valence-corrected chi connectivity index (χ4v) is 2.99. The van der Waals surface area contributed by atoms with Crippen LogP contribution in [0.15, 0.2) is 64.1 Å². The van der Waals surface area contributed by atoms with Crippen LogP contribution in [0, 0.1) is 5.82 Å². The Balaban J connectivity index is 1.62. The molecule has 0 aliphatic carbocycles. The predicted molar refractivity (Wildman–Crippen MR) is 95.7 cm³/mol. The van der Waals surface area contributed by atoms with Gasteiger partial charge in [0.25, 0.3) is 5.91 Å². The van der Waals surface area contributed by atoms with Crippen molar-refractivity contribution in [1.82, 2.24) is 10.5 Å². The van der Waals surface area contributed by atoms with Crippen LogP contribution in [-0.4, -0.2) is 26.0 Å². The largest absolute Gasteiger partial charge is 0.355 e. The zero-order chi connectivity index (χ0) is 19.4. The summed E-state index contributed by atoms with van der Waals surface area (Å²) in [5.74, 6) is -0.514. The van der Waals surface area contributed by atoms with Gasteiger partial charge in [0.2, 0.25) is 10.0 Å². The van der Waals surface area contributed by atoms with Crippen LogP contribution in [0.5, 0.6) is 0 Å². The maximum Gasteiger partial charge on any atom is 0.256 e. The van der Waals surface area contributed by atoms with Crippen LogP contribution in [0.25, 0.3) is 11.3 Å². The summed E-state index contributed by atoms with van der Waals surface area (Å²) >= 11 is 0. The van der Waals surface area contributed by atoms with Crippen LogP contribution >= 0.6 is 0 Å². The summed E-state index contributed by atoms with van der Waals surface area (Å²) in [5, 5.41) is 11.4. The summed E-state index contributed by atoms with van der Waals surface area (Å²) < 4.78 is 40.6. The van der Waals surface area contributed by atoms with E-state index in [1.54, 1.807) is 12.1 Å². The first kappa shape index (κ1) is 18.7. The van der Waals surface area contributed by atoms with E-state index in [1.165, 1.54) is 42.6 Å². The lowest BCUT2D eigenvalue weighted by Gasteiger charge is -2.06. The van der Waals surface area contributed by atoms with Gasteiger partial charge in [-0.1, -0.05) is 17.3 Å². The molecule has 0 aliphatic rings. The Hall–Kier alpha value is -3.04. The van der Waals surface area contributed by atoms with Crippen LogP contribution in [0.2, 0.25) is 0 Å². The first-order valence-corrected chi connectivity index (χ1v) is 9.50. The highest BCUT2D eigenvalue weighted by Gasteiger charge is 2.17. The van der Waals surface area contributed by atoms with Gasteiger partial charge < -0.3 is 9.84 Å². The van der Waals surface area contributed by atoms with Crippen molar-refractivity contribution in [2.45, 2.75) is 11.3 Å². The molecular formula is C18H16FN3O4S. The number of carbonyl (C=O) groups is 1. The molecule has 0 unspecified atom stereocenters. The third-order valence-corrected chi connectivity index (χ3v) is 4.80. The van der Waals surface area contributed by atoms with Gasteiger partial charge in [-0.15, -0.1) is 0 Å². The third kappa shape index (κ3) is 4.57. The molecule has 0 atom stereocenters. The number of benzene rings is 2. The molecule has 0 saturated heterocycles. The van der Waals surface area contributed by atoms with Crippen molar-refractivity contribution in [2.75, 3.05) is 6.54 Å². The highest BCUT2D eigenvalue weighted by molar-refractivity contribution is 7.89. The second kappa shape index (κ2) is 7.68. The Morgan fingerprint density at radius 1 is 1.11 bits per heavy atom. The molecule has 3 aromatic rings. The minimum atomic E-state index is -3.73. The fraction of sp³-hybridized carbons (Fsp3) is 0.111. The summed E-state index contributed by atoms with van der Waals surface area (Å²) in [6.45, 7) is 0.321. The highest BCUT2D eigenvalue weighted by atomic mass is 32.2. The number of carbonyl (C=O) groups excluding carboxylic acids is 1. The number of nitrogens with one attached hydrogen (secondary N) is 1. The molecule has 1 aromatic heterocycles. The van der Waals surface area contributed by atoms with Crippen LogP contribution < -0.4 is 10.5 Å². The molecule has 140 valence electrons. The molecule has 27 heavy (non-hydrogen) atoms. The van der Waals surface area contributed by atoms with E-state index in [0.717, 1.165) is 5.56 Å². The fourth-order valence-electron chi connectivity index (χ4n) is 2.47. The maximum atomic E-state index is 13.0. The second-order valence-electron chi connectivity index (χ2n) is 5.77. The van der Waals surface area contributed by atoms with Gasteiger partial charge >= 0.3 is 0 Å². The Labute approximate surface area is 155 Å². The molecular weight excluding hydrogens is 373 g/mol. The second-order valence-corrected chi connectivity index (χ2v) is 7.33. The topological polar surface area (TPSA) is 115 Å². The van der Waals surface area contributed by atoms with E-state index in [-0.39, 0.29) is 22.1 Å². The van der Waals surface area contributed by atoms with E-state index in [9.17, 15) is 17.6 Å². The van der Waals surface area contributed by atoms with E-state index >= 15 is 0 Å². The molecule has 0 radical (unpaired) electrons. The van der Waals surface area contributed by atoms with Crippen LogP contribution in [0.4, 0.5) is 4.39 Å². The summed E-state index contributed by atoms with van der Waals surface area (Å²) in [4.78, 5) is 12.4. The van der Waals surface area contributed by atoms with Gasteiger partial charge in [0.1, 0.15) is 11.4 Å². The number of hydrogen-bond donors (Lipinski definition) is 2. The summed E-state index contributed by atoms with van der Waals surface area (Å²) in [5.41, 5.74) is 1.62. The molecule has 0 aliphatic heterocycles. The summed E-state index contributed by atoms with van der Waals surface area (Å²) in [6.07, 6.45) is 1.79. The van der Waals surface area contributed by atoms with Crippen molar-refractivity contribution in [2.24, 2.45) is 5.14 Å². The zero-order valence-electron chi connectivity index (χ0n) is 14.1. The van der Waals surface area contributed by atoms with Crippen molar-refractivity contribution in [1.29, 1.82) is 0 Å². The number of primary sulfonamides is 1. The monoisotopic (exact) mass is 389 g/mol. The molecule has 0 bridgehead atoms. The zero-order valence-corrected chi connectivity index (χ0v) is 14.9. The Bertz CT molecular complexity index is 1040. The minimum absolute atomic E-state index is 0.0312. The van der Waals surface area contributed by atoms with Gasteiger partial charge in [-0.2, -0.15) is 0 Å². The lowest BCUT2D eigenvalue weighted by Crippen LogP contribution is -2.25. The Kier molecular flexibility index (Phi) is 5.33. The standard InChI is InChI=1S/C18H16FN3O4S/c19-14-5-3-13(4-6-14)17-16(11-22-26-17)18(23)21-10-9-12-1-7-15(8-2-12)27(20,24)25/h1-8,11H,9-10H2,(H,21,23)(H2,20,24,25). The third-order valence-electron chi connectivity index (χ3n) is 3.87. The summed E-state index contributed by atoms with van der Waals surface area (Å²) in [6, 6.07) is 11.6. The van der Waals surface area contributed by atoms with E-state index in [0.29, 0.717) is 18.5 Å². The number of nitrogens with zero attached hydrogens (tertiary/aromatic N) is 1. The van der Waals surface area contributed by atoms with Crippen molar-refractivity contribution >= 4 is 15.9 Å². The van der Waals surface area contributed by atoms with E-state index in [1.807, 2.05) is 0 Å². The number of sulfonamides is 1. The molecule has 7 nitrogen and oxygen atoms in total. The first-order valence-electron chi connectivity index (χ1n) is 7.95. The van der Waals surface area contributed by atoms with Crippen LogP contribution in [0.1, 0.15) is 15.9 Å². The molecule has 2 aromatic carbocycles. The molecule has 9 heteroatoms. The summed E-state index contributed by atoms with van der Waals surface area (Å²) in [7, 11) is -3.73. The number of rotatable bonds is 6. The van der Waals surface area contributed by atoms with Crippen molar-refractivity contribution < 1.29 is 22.1 Å². The quantitative estimate of drug-likeness (QED) is 0.670. The molecule has 3 N–H and O–H groups in total. The molecule has 1 amide bonds. The number of nitrogens with two attached hydrogens (primary N) is 1. The van der Waals surface area contributed by atoms with Gasteiger partial charge in [-0.05, 0) is 48.4 Å². The average molecular weight is 389 g/mol. The lowest BCUT2D eigenvalue weighted by atomic mass is 10.1. The normalized spacial score (nSPS) is 11.3. The van der Waals surface area contributed by atoms with Gasteiger partial charge in [-0.3, -0.25) is 4.79 Å². The first-order chi connectivity index (χ1) is 12.8. The molecule has 0 fully saturated rings. The Morgan fingerprint density at radius 3 is 2.41 bits per heavy atom. The van der Waals surface area contributed by atoms with Gasteiger partial charge in [-0.25, -0.2) is 17.9 Å². The number of amides is 1. The number of hydrogen-bond acceptors (Lipinski definition) is 5. The van der Waals surface area contributed by atoms with Crippen molar-refractivity contribution in [3.8, 4) is 11.3 Å². The van der Waals surface area contributed by atoms with Gasteiger partial charge in [0.05, 0.1) is 11.1 Å². The lowest BCUT2D eigenvalue weighted by molar-refractivity contribution is 0.0954. The highest BCUT2D eigenvalue weighted by Crippen LogP contribution is 2.23. The van der Waals surface area contributed by atoms with Gasteiger partial charge in [0.15, 0.2) is 5.76 Å². The molecule has 1 heterocycles. The molecule has 0 spiro atoms. The smallest absolute Gasteiger partial charge is 0.256 e. The number of aromatic nitrogens is 1. The Morgan fingerprint density at radius 2 is 1.78 bits per heavy atom. The molecule has 3 rings (SSSR count). The SMILES string of the molecule is NS(=O)(=O)c1ccc(CCNC(=O)c2cnoc2-c2ccc(F)cc2)cc1. The van der Waals surface area contributed by atoms with Gasteiger partial charge in [0, 0.05) is 12.1 Å².